The minimum atomic E-state index is -2.28. The molecule has 0 bridgehead atoms. The first kappa shape index (κ1) is 20.7. The summed E-state index contributed by atoms with van der Waals surface area (Å²) in [5, 5.41) is 9.12. The van der Waals surface area contributed by atoms with Crippen LogP contribution in [0.25, 0.3) is 0 Å². The molecule has 0 amide bonds. The first-order valence-corrected chi connectivity index (χ1v) is 19.6. The molecular weight excluding hydrogens is 320 g/mol. The van der Waals surface area contributed by atoms with Gasteiger partial charge in [-0.3, -0.25) is 0 Å². The van der Waals surface area contributed by atoms with Gasteiger partial charge in [-0.15, -0.1) is 0 Å². The van der Waals surface area contributed by atoms with Crippen LogP contribution in [0.1, 0.15) is 6.42 Å². The van der Waals surface area contributed by atoms with Gasteiger partial charge in [0.15, 0.2) is 16.6 Å². The van der Waals surface area contributed by atoms with E-state index in [-0.39, 0.29) is 6.61 Å². The zero-order chi connectivity index (χ0) is 16.2. The third-order valence-corrected chi connectivity index (χ3v) is 15.9. The van der Waals surface area contributed by atoms with Crippen LogP contribution in [0.3, 0.4) is 0 Å². The number of hydrogen-bond donors (Lipinski definition) is 1. The van der Waals surface area contributed by atoms with Gasteiger partial charge in [-0.25, -0.2) is 0 Å². The Kier molecular flexibility index (Phi) is 7.57. The molecule has 0 fully saturated rings. The van der Waals surface area contributed by atoms with Gasteiger partial charge in [-0.2, -0.15) is 0 Å². The van der Waals surface area contributed by atoms with Crippen LogP contribution < -0.4 is 0 Å². The zero-order valence-corrected chi connectivity index (χ0v) is 18.8. The number of rotatable bonds is 9. The minimum absolute atomic E-state index is 0.192. The summed E-state index contributed by atoms with van der Waals surface area (Å²) in [7, 11) is -7.75. The molecular formula is C12H34O4Si4. The van der Waals surface area contributed by atoms with E-state index in [9.17, 15) is 0 Å². The van der Waals surface area contributed by atoms with Crippen molar-refractivity contribution in [3.63, 3.8) is 0 Å². The van der Waals surface area contributed by atoms with E-state index in [1.54, 1.807) is 0 Å². The van der Waals surface area contributed by atoms with Crippen molar-refractivity contribution in [2.75, 3.05) is 6.61 Å². The monoisotopic (exact) mass is 354 g/mol. The summed E-state index contributed by atoms with van der Waals surface area (Å²) in [6, 6.07) is 0.833. The Bertz CT molecular complexity index is 299. The molecule has 122 valence electrons. The molecule has 0 aromatic carbocycles. The molecule has 1 atom stereocenters. The maximum atomic E-state index is 9.12. The predicted molar refractivity (Wildman–Crippen MR) is 95.6 cm³/mol. The van der Waals surface area contributed by atoms with Crippen molar-refractivity contribution in [2.45, 2.75) is 71.4 Å². The Morgan fingerprint density at radius 2 is 1.15 bits per heavy atom. The Balaban J connectivity index is 4.96. The van der Waals surface area contributed by atoms with Gasteiger partial charge in [-0.05, 0) is 71.4 Å². The van der Waals surface area contributed by atoms with Crippen LogP contribution in [0.15, 0.2) is 0 Å². The number of aliphatic hydroxyl groups excluding tert-OH is 1. The Morgan fingerprint density at radius 3 is 1.50 bits per heavy atom. The van der Waals surface area contributed by atoms with Crippen LogP contribution in [0.2, 0.25) is 65.0 Å². The predicted octanol–water partition coefficient (Wildman–Crippen LogP) is 3.86. The van der Waals surface area contributed by atoms with Crippen LogP contribution in [-0.2, 0) is 12.3 Å². The van der Waals surface area contributed by atoms with Crippen LogP contribution in [0.4, 0.5) is 0 Å². The van der Waals surface area contributed by atoms with E-state index in [2.05, 4.69) is 58.9 Å². The summed E-state index contributed by atoms with van der Waals surface area (Å²) < 4.78 is 19.1. The summed E-state index contributed by atoms with van der Waals surface area (Å²) in [4.78, 5) is 0. The highest BCUT2D eigenvalue weighted by Crippen LogP contribution is 2.27. The molecule has 1 N–H and O–H groups in total. The van der Waals surface area contributed by atoms with Crippen LogP contribution in [-0.4, -0.2) is 45.5 Å². The van der Waals surface area contributed by atoms with Crippen LogP contribution in [0.5, 0.6) is 0 Å². The molecule has 0 spiro atoms. The van der Waals surface area contributed by atoms with E-state index in [4.69, 9.17) is 17.5 Å². The smallest absolute Gasteiger partial charge is 0.315 e. The highest BCUT2D eigenvalue weighted by molar-refractivity contribution is 6.89. The third-order valence-electron chi connectivity index (χ3n) is 2.32. The standard InChI is InChI=1S/C12H34O4Si4/c1-17(2,3)14-19(7,8)16-20(9,12-10-11-13)15-18(4,5)6/h13H,10-12H2,1-9H3/t20-/m0/s1. The molecule has 0 saturated heterocycles. The molecule has 20 heavy (non-hydrogen) atoms. The normalized spacial score (nSPS) is 17.1. The summed E-state index contributed by atoms with van der Waals surface area (Å²) in [5.41, 5.74) is 0. The summed E-state index contributed by atoms with van der Waals surface area (Å²) in [6.45, 7) is 19.7. The van der Waals surface area contributed by atoms with E-state index >= 15 is 0 Å². The quantitative estimate of drug-likeness (QED) is 0.639. The molecule has 0 aromatic heterocycles. The second-order valence-electron chi connectivity index (χ2n) is 7.89. The lowest BCUT2D eigenvalue weighted by Gasteiger charge is -2.41. The average Bonchev–Trinajstić information content (AvgIpc) is 2.05. The lowest BCUT2D eigenvalue weighted by atomic mass is 10.5. The lowest BCUT2D eigenvalue weighted by Crippen LogP contribution is -2.56. The second-order valence-corrected chi connectivity index (χ2v) is 24.4. The van der Waals surface area contributed by atoms with Crippen molar-refractivity contribution < 1.29 is 17.5 Å². The fourth-order valence-corrected chi connectivity index (χ4v) is 20.4. The molecule has 0 heterocycles. The summed E-state index contributed by atoms with van der Waals surface area (Å²) in [6.07, 6.45) is 0.741. The molecule has 0 unspecified atom stereocenters. The van der Waals surface area contributed by atoms with Crippen molar-refractivity contribution in [3.8, 4) is 0 Å². The molecule has 8 heteroatoms. The van der Waals surface area contributed by atoms with E-state index in [1.165, 1.54) is 0 Å². The van der Waals surface area contributed by atoms with Gasteiger partial charge in [0, 0.05) is 6.61 Å². The first-order valence-electron chi connectivity index (χ1n) is 7.39. The first-order chi connectivity index (χ1) is 8.68. The molecule has 0 aromatic rings. The van der Waals surface area contributed by atoms with Gasteiger partial charge in [0.05, 0.1) is 0 Å². The molecule has 0 rings (SSSR count). The fraction of sp³-hybridized carbons (Fsp3) is 1.00. The van der Waals surface area contributed by atoms with E-state index in [0.29, 0.717) is 0 Å². The van der Waals surface area contributed by atoms with Crippen molar-refractivity contribution >= 4 is 33.8 Å². The van der Waals surface area contributed by atoms with Gasteiger partial charge < -0.3 is 17.5 Å². The lowest BCUT2D eigenvalue weighted by molar-refractivity contribution is 0.280. The topological polar surface area (TPSA) is 47.9 Å². The van der Waals surface area contributed by atoms with Crippen LogP contribution in [0, 0.1) is 0 Å². The van der Waals surface area contributed by atoms with Crippen molar-refractivity contribution in [2.24, 2.45) is 0 Å². The summed E-state index contributed by atoms with van der Waals surface area (Å²) >= 11 is 0. The maximum absolute atomic E-state index is 9.12. The molecule has 4 nitrogen and oxygen atoms in total. The van der Waals surface area contributed by atoms with E-state index < -0.39 is 33.8 Å². The van der Waals surface area contributed by atoms with Gasteiger partial charge in [0.2, 0.25) is 0 Å². The Hall–Kier alpha value is 0.708. The van der Waals surface area contributed by atoms with Gasteiger partial charge in [-0.1, -0.05) is 0 Å². The van der Waals surface area contributed by atoms with Crippen molar-refractivity contribution in [1.29, 1.82) is 0 Å². The van der Waals surface area contributed by atoms with Gasteiger partial charge in [0.25, 0.3) is 0 Å². The fourth-order valence-electron chi connectivity index (χ4n) is 2.45. The SMILES string of the molecule is C[Si](C)(C)O[Si](C)(C)O[Si@@](C)(CCCO)O[Si](C)(C)C. The third kappa shape index (κ3) is 10.4. The van der Waals surface area contributed by atoms with Crippen molar-refractivity contribution in [3.05, 3.63) is 0 Å². The average molecular weight is 355 g/mol. The molecule has 0 radical (unpaired) electrons. The number of hydrogen-bond acceptors (Lipinski definition) is 4. The zero-order valence-electron chi connectivity index (χ0n) is 14.8. The van der Waals surface area contributed by atoms with E-state index in [0.717, 1.165) is 12.5 Å². The van der Waals surface area contributed by atoms with Crippen LogP contribution >= 0.6 is 0 Å². The van der Waals surface area contributed by atoms with Gasteiger partial charge in [0.1, 0.15) is 0 Å². The Morgan fingerprint density at radius 1 is 0.700 bits per heavy atom. The molecule has 0 saturated carbocycles. The maximum Gasteiger partial charge on any atom is 0.315 e. The number of aliphatic hydroxyl groups is 1. The van der Waals surface area contributed by atoms with Gasteiger partial charge >= 0.3 is 17.1 Å². The highest BCUT2D eigenvalue weighted by Gasteiger charge is 2.43. The second kappa shape index (κ2) is 7.31. The molecule has 0 aliphatic carbocycles. The molecule has 0 aliphatic rings. The highest BCUT2D eigenvalue weighted by atomic mass is 28.5. The minimum Gasteiger partial charge on any atom is -0.437 e. The Labute approximate surface area is 129 Å². The van der Waals surface area contributed by atoms with E-state index in [1.807, 2.05) is 0 Å². The summed E-state index contributed by atoms with van der Waals surface area (Å²) in [5.74, 6) is 0. The largest absolute Gasteiger partial charge is 0.437 e. The molecule has 0 aliphatic heterocycles. The van der Waals surface area contributed by atoms with Crippen molar-refractivity contribution in [1.82, 2.24) is 0 Å².